The van der Waals surface area contributed by atoms with Crippen molar-refractivity contribution < 1.29 is 9.72 Å². The zero-order valence-corrected chi connectivity index (χ0v) is 13.6. The van der Waals surface area contributed by atoms with Crippen LogP contribution in [0, 0.1) is 24.0 Å². The molecule has 2 aromatic rings. The lowest BCUT2D eigenvalue weighted by atomic mass is 10.1. The topological polar surface area (TPSA) is 63.5 Å². The number of carbonyl (C=O) groups is 1. The van der Waals surface area contributed by atoms with Gasteiger partial charge in [0, 0.05) is 23.9 Å². The van der Waals surface area contributed by atoms with E-state index in [2.05, 4.69) is 0 Å². The van der Waals surface area contributed by atoms with Crippen molar-refractivity contribution in [2.45, 2.75) is 27.2 Å². The molecule has 0 saturated heterocycles. The maximum Gasteiger partial charge on any atom is 0.273 e. The summed E-state index contributed by atoms with van der Waals surface area (Å²) in [7, 11) is 0. The van der Waals surface area contributed by atoms with Crippen molar-refractivity contribution in [3.63, 3.8) is 0 Å². The van der Waals surface area contributed by atoms with E-state index in [4.69, 9.17) is 0 Å². The number of nitro groups is 1. The Kier molecular flexibility index (Phi) is 5.11. The average Bonchev–Trinajstić information content (AvgIpc) is 2.51. The monoisotopic (exact) mass is 312 g/mol. The van der Waals surface area contributed by atoms with E-state index in [0.29, 0.717) is 12.1 Å². The largest absolute Gasteiger partial charge is 0.312 e. The van der Waals surface area contributed by atoms with E-state index in [1.807, 2.05) is 39.0 Å². The first-order chi connectivity index (χ1) is 10.9. The van der Waals surface area contributed by atoms with Crippen LogP contribution in [-0.2, 0) is 11.2 Å². The van der Waals surface area contributed by atoms with Crippen LogP contribution < -0.4 is 4.90 Å². The number of para-hydroxylation sites is 1. The number of amides is 1. The predicted octanol–water partition coefficient (Wildman–Crippen LogP) is 3.81. The molecule has 5 heteroatoms. The molecule has 0 fully saturated rings. The Hall–Kier alpha value is -2.69. The molecular formula is C18H20N2O3. The van der Waals surface area contributed by atoms with Crippen molar-refractivity contribution in [2.75, 3.05) is 11.4 Å². The lowest BCUT2D eigenvalue weighted by Crippen LogP contribution is -2.32. The molecule has 0 spiro atoms. The van der Waals surface area contributed by atoms with Gasteiger partial charge in [-0.2, -0.15) is 0 Å². The number of carbonyl (C=O) groups excluding carboxylic acids is 1. The first kappa shape index (κ1) is 16.7. The molecule has 0 atom stereocenters. The van der Waals surface area contributed by atoms with Gasteiger partial charge in [0.05, 0.1) is 11.3 Å². The van der Waals surface area contributed by atoms with E-state index in [9.17, 15) is 14.9 Å². The van der Waals surface area contributed by atoms with Gasteiger partial charge in [-0.25, -0.2) is 0 Å². The first-order valence-corrected chi connectivity index (χ1v) is 7.54. The highest BCUT2D eigenvalue weighted by Crippen LogP contribution is 2.24. The highest BCUT2D eigenvalue weighted by Gasteiger charge is 2.21. The van der Waals surface area contributed by atoms with Crippen molar-refractivity contribution in [2.24, 2.45) is 0 Å². The van der Waals surface area contributed by atoms with Crippen LogP contribution in [0.5, 0.6) is 0 Å². The Bertz CT molecular complexity index is 741. The second-order valence-electron chi connectivity index (χ2n) is 5.49. The van der Waals surface area contributed by atoms with Crippen molar-refractivity contribution in [1.29, 1.82) is 0 Å². The lowest BCUT2D eigenvalue weighted by molar-refractivity contribution is -0.385. The predicted molar refractivity (Wildman–Crippen MR) is 90.7 cm³/mol. The third kappa shape index (κ3) is 3.74. The molecule has 0 radical (unpaired) electrons. The molecule has 0 aliphatic carbocycles. The van der Waals surface area contributed by atoms with Gasteiger partial charge in [-0.15, -0.1) is 0 Å². The summed E-state index contributed by atoms with van der Waals surface area (Å²) in [5.74, 6) is -0.143. The zero-order chi connectivity index (χ0) is 17.0. The molecule has 1 amide bonds. The molecule has 120 valence electrons. The van der Waals surface area contributed by atoms with Gasteiger partial charge in [-0.1, -0.05) is 30.3 Å². The summed E-state index contributed by atoms with van der Waals surface area (Å²) in [4.78, 5) is 25.0. The van der Waals surface area contributed by atoms with Gasteiger partial charge >= 0.3 is 0 Å². The van der Waals surface area contributed by atoms with Crippen LogP contribution in [0.2, 0.25) is 0 Å². The van der Waals surface area contributed by atoms with Crippen LogP contribution in [0.3, 0.4) is 0 Å². The van der Waals surface area contributed by atoms with Crippen molar-refractivity contribution in [3.05, 3.63) is 69.3 Å². The molecule has 5 nitrogen and oxygen atoms in total. The molecule has 0 saturated carbocycles. The normalized spacial score (nSPS) is 10.4. The lowest BCUT2D eigenvalue weighted by Gasteiger charge is -2.23. The minimum atomic E-state index is -0.448. The standard InChI is InChI=1S/C18H20N2O3/c1-4-19(17-11-13(2)9-10-14(17)3)18(21)12-15-7-5-6-8-16(15)20(22)23/h5-11H,4,12H2,1-3H3. The maximum absolute atomic E-state index is 12.7. The summed E-state index contributed by atoms with van der Waals surface area (Å²) in [5, 5.41) is 11.1. The fourth-order valence-corrected chi connectivity index (χ4v) is 2.59. The maximum atomic E-state index is 12.7. The Morgan fingerprint density at radius 3 is 2.52 bits per heavy atom. The summed E-state index contributed by atoms with van der Waals surface area (Å²) in [6.45, 7) is 6.35. The van der Waals surface area contributed by atoms with E-state index in [1.165, 1.54) is 6.07 Å². The smallest absolute Gasteiger partial charge is 0.273 e. The van der Waals surface area contributed by atoms with Crippen molar-refractivity contribution >= 4 is 17.3 Å². The second-order valence-corrected chi connectivity index (χ2v) is 5.49. The van der Waals surface area contributed by atoms with Gasteiger partial charge in [0.15, 0.2) is 0 Å². The third-order valence-corrected chi connectivity index (χ3v) is 3.80. The second kappa shape index (κ2) is 7.05. The van der Waals surface area contributed by atoms with E-state index in [1.54, 1.807) is 23.1 Å². The molecule has 2 rings (SSSR count). The highest BCUT2D eigenvalue weighted by atomic mass is 16.6. The molecule has 2 aromatic carbocycles. The Morgan fingerprint density at radius 2 is 1.87 bits per heavy atom. The summed E-state index contributed by atoms with van der Waals surface area (Å²) in [6, 6.07) is 12.3. The van der Waals surface area contributed by atoms with E-state index >= 15 is 0 Å². The fourth-order valence-electron chi connectivity index (χ4n) is 2.59. The van der Waals surface area contributed by atoms with Gasteiger partial charge < -0.3 is 4.90 Å². The van der Waals surface area contributed by atoms with Crippen LogP contribution in [0.4, 0.5) is 11.4 Å². The number of rotatable bonds is 5. The Labute approximate surface area is 135 Å². The molecule has 0 bridgehead atoms. The molecule has 0 aliphatic heterocycles. The SMILES string of the molecule is CCN(C(=O)Cc1ccccc1[N+](=O)[O-])c1cc(C)ccc1C. The van der Waals surface area contributed by atoms with Crippen LogP contribution in [0.25, 0.3) is 0 Å². The molecule has 0 heterocycles. The summed E-state index contributed by atoms with van der Waals surface area (Å²) < 4.78 is 0. The minimum Gasteiger partial charge on any atom is -0.312 e. The Balaban J connectivity index is 2.31. The van der Waals surface area contributed by atoms with Gasteiger partial charge in [-0.05, 0) is 38.0 Å². The number of hydrogen-bond acceptors (Lipinski definition) is 3. The summed E-state index contributed by atoms with van der Waals surface area (Å²) in [6.07, 6.45) is 0.0123. The first-order valence-electron chi connectivity index (χ1n) is 7.54. The van der Waals surface area contributed by atoms with E-state index in [-0.39, 0.29) is 18.0 Å². The zero-order valence-electron chi connectivity index (χ0n) is 13.6. The third-order valence-electron chi connectivity index (χ3n) is 3.80. The number of anilines is 1. The van der Waals surface area contributed by atoms with Gasteiger partial charge in [-0.3, -0.25) is 14.9 Å². The molecule has 0 unspecified atom stereocenters. The van der Waals surface area contributed by atoms with Crippen molar-refractivity contribution in [3.8, 4) is 0 Å². The number of nitro benzene ring substituents is 1. The number of nitrogens with zero attached hydrogens (tertiary/aromatic N) is 2. The van der Waals surface area contributed by atoms with Crippen LogP contribution >= 0.6 is 0 Å². The number of likely N-dealkylation sites (N-methyl/N-ethyl adjacent to an activating group) is 1. The summed E-state index contributed by atoms with van der Waals surface area (Å²) >= 11 is 0. The molecule has 0 N–H and O–H groups in total. The average molecular weight is 312 g/mol. The highest BCUT2D eigenvalue weighted by molar-refractivity contribution is 5.96. The van der Waals surface area contributed by atoms with Crippen molar-refractivity contribution in [1.82, 2.24) is 0 Å². The van der Waals surface area contributed by atoms with E-state index < -0.39 is 4.92 Å². The molecule has 23 heavy (non-hydrogen) atoms. The quantitative estimate of drug-likeness (QED) is 0.623. The van der Waals surface area contributed by atoms with Gasteiger partial charge in [0.1, 0.15) is 0 Å². The Morgan fingerprint density at radius 1 is 1.17 bits per heavy atom. The molecule has 0 aromatic heterocycles. The minimum absolute atomic E-state index is 0.0123. The summed E-state index contributed by atoms with van der Waals surface area (Å²) in [5.41, 5.74) is 3.36. The fraction of sp³-hybridized carbons (Fsp3) is 0.278. The number of aryl methyl sites for hydroxylation is 2. The van der Waals surface area contributed by atoms with Crippen LogP contribution in [0.15, 0.2) is 42.5 Å². The van der Waals surface area contributed by atoms with Gasteiger partial charge in [0.2, 0.25) is 5.91 Å². The van der Waals surface area contributed by atoms with Gasteiger partial charge in [0.25, 0.3) is 5.69 Å². The number of benzene rings is 2. The van der Waals surface area contributed by atoms with Crippen LogP contribution in [-0.4, -0.2) is 17.4 Å². The van der Waals surface area contributed by atoms with E-state index in [0.717, 1.165) is 16.8 Å². The number of hydrogen-bond donors (Lipinski definition) is 0. The van der Waals surface area contributed by atoms with Crippen LogP contribution in [0.1, 0.15) is 23.6 Å². The molecular weight excluding hydrogens is 292 g/mol. The molecule has 0 aliphatic rings.